The van der Waals surface area contributed by atoms with Crippen LogP contribution in [0.4, 0.5) is 0 Å². The van der Waals surface area contributed by atoms with Gasteiger partial charge in [0.1, 0.15) is 5.75 Å². The lowest BCUT2D eigenvalue weighted by Gasteiger charge is -2.35. The first-order valence-electron chi connectivity index (χ1n) is 12.0. The number of hydrogen-bond donors (Lipinski definition) is 0. The van der Waals surface area contributed by atoms with E-state index in [9.17, 15) is 4.79 Å². The lowest BCUT2D eigenvalue weighted by atomic mass is 9.77. The molecule has 1 aromatic heterocycles. The standard InChI is InChI=1S/C28H32N2O3/c1-32-26-8-6-25(7-9-26)28(11-2-3-12-28)27(31)30-14-15-33-20-22(19-30)16-21-4-5-23-10-13-29-18-24(23)17-21/h4-10,13,17-18,22H,2-3,11-12,14-16,19-20H2,1H3/t22-/m1/s1. The zero-order valence-electron chi connectivity index (χ0n) is 19.3. The minimum Gasteiger partial charge on any atom is -0.497 e. The molecule has 1 aliphatic heterocycles. The first-order chi connectivity index (χ1) is 16.2. The van der Waals surface area contributed by atoms with Crippen LogP contribution >= 0.6 is 0 Å². The summed E-state index contributed by atoms with van der Waals surface area (Å²) in [6.07, 6.45) is 8.65. The number of amides is 1. The molecule has 3 aromatic rings. The molecule has 1 saturated heterocycles. The van der Waals surface area contributed by atoms with Gasteiger partial charge in [-0.05, 0) is 60.0 Å². The molecule has 1 atom stereocenters. The number of hydrogen-bond acceptors (Lipinski definition) is 4. The molecule has 1 amide bonds. The van der Waals surface area contributed by atoms with Crippen molar-refractivity contribution in [3.63, 3.8) is 0 Å². The lowest BCUT2D eigenvalue weighted by molar-refractivity contribution is -0.137. The Morgan fingerprint density at radius 2 is 1.94 bits per heavy atom. The van der Waals surface area contributed by atoms with Gasteiger partial charge in [0.15, 0.2) is 0 Å². The van der Waals surface area contributed by atoms with E-state index in [-0.39, 0.29) is 11.8 Å². The Morgan fingerprint density at radius 1 is 1.12 bits per heavy atom. The third-order valence-corrected chi connectivity index (χ3v) is 7.36. The Kier molecular flexibility index (Phi) is 6.32. The Labute approximate surface area is 195 Å². The number of carbonyl (C=O) groups excluding carboxylic acids is 1. The maximum Gasteiger partial charge on any atom is 0.233 e. The average molecular weight is 445 g/mol. The van der Waals surface area contributed by atoms with Gasteiger partial charge in [0, 0.05) is 36.8 Å². The number of pyridine rings is 1. The molecule has 1 saturated carbocycles. The molecule has 33 heavy (non-hydrogen) atoms. The minimum absolute atomic E-state index is 0.267. The van der Waals surface area contributed by atoms with Crippen LogP contribution in [0.3, 0.4) is 0 Å². The highest BCUT2D eigenvalue weighted by Gasteiger charge is 2.45. The number of carbonyl (C=O) groups is 1. The fourth-order valence-electron chi connectivity index (χ4n) is 5.60. The molecule has 5 rings (SSSR count). The molecule has 0 radical (unpaired) electrons. The first-order valence-corrected chi connectivity index (χ1v) is 12.0. The van der Waals surface area contributed by atoms with E-state index in [0.717, 1.165) is 55.3 Å². The van der Waals surface area contributed by atoms with Gasteiger partial charge >= 0.3 is 0 Å². The summed E-state index contributed by atoms with van der Waals surface area (Å²) in [5.74, 6) is 1.37. The third kappa shape index (κ3) is 4.47. The zero-order valence-corrected chi connectivity index (χ0v) is 19.3. The molecule has 2 heterocycles. The second-order valence-electron chi connectivity index (χ2n) is 9.47. The van der Waals surface area contributed by atoms with Gasteiger partial charge in [0.25, 0.3) is 0 Å². The molecule has 5 heteroatoms. The SMILES string of the molecule is COc1ccc(C2(C(=O)N3CCOC[C@H](Cc4ccc5ccncc5c4)C3)CCCC2)cc1. The summed E-state index contributed by atoms with van der Waals surface area (Å²) in [4.78, 5) is 20.4. The second-order valence-corrected chi connectivity index (χ2v) is 9.47. The van der Waals surface area contributed by atoms with Crippen LogP contribution in [0.25, 0.3) is 10.8 Å². The average Bonchev–Trinajstić information content (AvgIpc) is 3.25. The highest BCUT2D eigenvalue weighted by Crippen LogP contribution is 2.43. The predicted octanol–water partition coefficient (Wildman–Crippen LogP) is 4.77. The number of fused-ring (bicyclic) bond motifs is 1. The minimum atomic E-state index is -0.421. The quantitative estimate of drug-likeness (QED) is 0.569. The number of benzene rings is 2. The molecule has 0 unspecified atom stereocenters. The van der Waals surface area contributed by atoms with E-state index in [4.69, 9.17) is 9.47 Å². The van der Waals surface area contributed by atoms with Crippen molar-refractivity contribution in [3.05, 3.63) is 72.1 Å². The van der Waals surface area contributed by atoms with E-state index in [1.165, 1.54) is 10.9 Å². The van der Waals surface area contributed by atoms with Crippen LogP contribution in [0.2, 0.25) is 0 Å². The fourth-order valence-corrected chi connectivity index (χ4v) is 5.60. The van der Waals surface area contributed by atoms with Crippen LogP contribution in [0.1, 0.15) is 36.8 Å². The van der Waals surface area contributed by atoms with E-state index in [2.05, 4.69) is 40.2 Å². The molecular weight excluding hydrogens is 412 g/mol. The Hall–Kier alpha value is -2.92. The summed E-state index contributed by atoms with van der Waals surface area (Å²) >= 11 is 0. The van der Waals surface area contributed by atoms with Crippen molar-refractivity contribution < 1.29 is 14.3 Å². The normalized spacial score (nSPS) is 20.5. The maximum absolute atomic E-state index is 14.0. The fraction of sp³-hybridized carbons (Fsp3) is 0.429. The third-order valence-electron chi connectivity index (χ3n) is 7.36. The lowest BCUT2D eigenvalue weighted by Crippen LogP contribution is -2.47. The highest BCUT2D eigenvalue weighted by molar-refractivity contribution is 5.89. The van der Waals surface area contributed by atoms with Crippen molar-refractivity contribution in [2.75, 3.05) is 33.4 Å². The number of aromatic nitrogens is 1. The second kappa shape index (κ2) is 9.52. The summed E-state index contributed by atoms with van der Waals surface area (Å²) in [6, 6.07) is 16.7. The molecule has 172 valence electrons. The number of ether oxygens (including phenoxy) is 2. The van der Waals surface area contributed by atoms with Crippen molar-refractivity contribution >= 4 is 16.7 Å². The van der Waals surface area contributed by atoms with E-state index < -0.39 is 5.41 Å². The van der Waals surface area contributed by atoms with Crippen LogP contribution in [0.15, 0.2) is 60.9 Å². The van der Waals surface area contributed by atoms with Crippen molar-refractivity contribution in [2.24, 2.45) is 5.92 Å². The summed E-state index contributed by atoms with van der Waals surface area (Å²) in [6.45, 7) is 2.68. The monoisotopic (exact) mass is 444 g/mol. The molecule has 0 bridgehead atoms. The van der Waals surface area contributed by atoms with Gasteiger partial charge in [0.05, 0.1) is 25.7 Å². The summed E-state index contributed by atoms with van der Waals surface area (Å²) in [5.41, 5.74) is 1.97. The van der Waals surface area contributed by atoms with Gasteiger partial charge in [0.2, 0.25) is 5.91 Å². The predicted molar refractivity (Wildman–Crippen MR) is 129 cm³/mol. The smallest absolute Gasteiger partial charge is 0.233 e. The van der Waals surface area contributed by atoms with Crippen molar-refractivity contribution in [1.82, 2.24) is 9.88 Å². The van der Waals surface area contributed by atoms with Crippen LogP contribution in [0, 0.1) is 5.92 Å². The molecular formula is C28H32N2O3. The summed E-state index contributed by atoms with van der Waals surface area (Å²) in [5, 5.41) is 2.35. The summed E-state index contributed by atoms with van der Waals surface area (Å²) in [7, 11) is 1.68. The van der Waals surface area contributed by atoms with Gasteiger partial charge in [-0.1, -0.05) is 37.1 Å². The molecule has 2 aromatic carbocycles. The van der Waals surface area contributed by atoms with E-state index in [1.807, 2.05) is 30.6 Å². The molecule has 0 N–H and O–H groups in total. The Balaban J connectivity index is 1.36. The Bertz CT molecular complexity index is 1110. The van der Waals surface area contributed by atoms with Gasteiger partial charge in [-0.25, -0.2) is 0 Å². The molecule has 2 fully saturated rings. The number of rotatable bonds is 5. The van der Waals surface area contributed by atoms with E-state index >= 15 is 0 Å². The van der Waals surface area contributed by atoms with Gasteiger partial charge < -0.3 is 14.4 Å². The number of methoxy groups -OCH3 is 1. The molecule has 5 nitrogen and oxygen atoms in total. The molecule has 1 aliphatic carbocycles. The van der Waals surface area contributed by atoms with Crippen LogP contribution < -0.4 is 4.74 Å². The van der Waals surface area contributed by atoms with Crippen LogP contribution in [0.5, 0.6) is 5.75 Å². The van der Waals surface area contributed by atoms with Crippen LogP contribution in [-0.4, -0.2) is 49.2 Å². The van der Waals surface area contributed by atoms with Gasteiger partial charge in [-0.3, -0.25) is 9.78 Å². The first kappa shape index (κ1) is 21.9. The largest absolute Gasteiger partial charge is 0.497 e. The van der Waals surface area contributed by atoms with Crippen molar-refractivity contribution in [2.45, 2.75) is 37.5 Å². The topological polar surface area (TPSA) is 51.7 Å². The van der Waals surface area contributed by atoms with Gasteiger partial charge in [-0.15, -0.1) is 0 Å². The van der Waals surface area contributed by atoms with Gasteiger partial charge in [-0.2, -0.15) is 0 Å². The highest BCUT2D eigenvalue weighted by atomic mass is 16.5. The maximum atomic E-state index is 14.0. The van der Waals surface area contributed by atoms with Crippen LogP contribution in [-0.2, 0) is 21.4 Å². The summed E-state index contributed by atoms with van der Waals surface area (Å²) < 4.78 is 11.3. The Morgan fingerprint density at radius 3 is 2.73 bits per heavy atom. The zero-order chi connectivity index (χ0) is 22.7. The van der Waals surface area contributed by atoms with E-state index in [0.29, 0.717) is 19.8 Å². The van der Waals surface area contributed by atoms with Crippen molar-refractivity contribution in [1.29, 1.82) is 0 Å². The van der Waals surface area contributed by atoms with Crippen molar-refractivity contribution in [3.8, 4) is 5.75 Å². The molecule has 0 spiro atoms. The number of nitrogens with zero attached hydrogens (tertiary/aromatic N) is 2. The molecule has 2 aliphatic rings. The van der Waals surface area contributed by atoms with E-state index in [1.54, 1.807) is 7.11 Å².